The summed E-state index contributed by atoms with van der Waals surface area (Å²) in [5.41, 5.74) is -1.04. The molecular weight excluding hydrogens is 547 g/mol. The van der Waals surface area contributed by atoms with E-state index in [1.165, 1.54) is 18.9 Å². The lowest BCUT2D eigenvalue weighted by Gasteiger charge is -2.32. The van der Waals surface area contributed by atoms with Crippen LogP contribution in [0.4, 0.5) is 18.9 Å². The average Bonchev–Trinajstić information content (AvgIpc) is 2.83. The highest BCUT2D eigenvalue weighted by molar-refractivity contribution is 7.92. The molecule has 0 aliphatic heterocycles. The van der Waals surface area contributed by atoms with Crippen molar-refractivity contribution in [1.29, 1.82) is 0 Å². The van der Waals surface area contributed by atoms with Gasteiger partial charge in [-0.25, -0.2) is 8.42 Å². The highest BCUT2D eigenvalue weighted by atomic mass is 35.5. The monoisotopic (exact) mass is 577 g/mol. The van der Waals surface area contributed by atoms with Crippen molar-refractivity contribution in [3.8, 4) is 5.75 Å². The SMILES string of the molecule is COc1cccc(CN(C(=O)CN(c2ccc(Cl)c(C(F)(F)F)c2)S(C)(=O)=O)[C@H](C)C(=O)NCC(C)C)c1. The van der Waals surface area contributed by atoms with Crippen LogP contribution in [0, 0.1) is 5.92 Å². The minimum absolute atomic E-state index is 0.0850. The molecule has 0 radical (unpaired) electrons. The quantitative estimate of drug-likeness (QED) is 0.429. The first kappa shape index (κ1) is 31.2. The number of sulfonamides is 1. The lowest BCUT2D eigenvalue weighted by atomic mass is 10.1. The first-order valence-electron chi connectivity index (χ1n) is 11.6. The minimum atomic E-state index is -4.85. The molecule has 210 valence electrons. The van der Waals surface area contributed by atoms with E-state index in [9.17, 15) is 31.2 Å². The number of ether oxygens (including phenoxy) is 1. The molecule has 0 bridgehead atoms. The highest BCUT2D eigenvalue weighted by Crippen LogP contribution is 2.37. The van der Waals surface area contributed by atoms with Crippen molar-refractivity contribution in [3.05, 3.63) is 58.6 Å². The molecule has 0 heterocycles. The number of nitrogens with zero attached hydrogens (tertiary/aromatic N) is 2. The normalized spacial score (nSPS) is 12.7. The van der Waals surface area contributed by atoms with E-state index < -0.39 is 56.9 Å². The van der Waals surface area contributed by atoms with E-state index in [1.54, 1.807) is 24.3 Å². The van der Waals surface area contributed by atoms with Gasteiger partial charge >= 0.3 is 6.18 Å². The van der Waals surface area contributed by atoms with E-state index in [0.717, 1.165) is 18.4 Å². The number of methoxy groups -OCH3 is 1. The predicted octanol–water partition coefficient (Wildman–Crippen LogP) is 4.32. The maximum atomic E-state index is 13.5. The highest BCUT2D eigenvalue weighted by Gasteiger charge is 2.35. The Kier molecular flexibility index (Phi) is 10.4. The number of alkyl halides is 3. The van der Waals surface area contributed by atoms with E-state index in [1.807, 2.05) is 13.8 Å². The number of carbonyl (C=O) groups is 2. The largest absolute Gasteiger partial charge is 0.497 e. The number of benzene rings is 2. The van der Waals surface area contributed by atoms with Gasteiger partial charge in [0.05, 0.1) is 29.6 Å². The summed E-state index contributed by atoms with van der Waals surface area (Å²) in [6.45, 7) is 4.71. The Morgan fingerprint density at radius 2 is 1.76 bits per heavy atom. The standard InChI is InChI=1S/C25H31ClF3N3O5S/c1-16(2)13-30-24(34)17(3)31(14-18-7-6-8-20(11-18)37-4)23(33)15-32(38(5,35)36)19-9-10-22(26)21(12-19)25(27,28)29/h6-12,16-17H,13-15H2,1-5H3,(H,30,34)/t17-/m1/s1. The topological polar surface area (TPSA) is 96.0 Å². The van der Waals surface area contributed by atoms with Gasteiger partial charge in [-0.15, -0.1) is 0 Å². The maximum Gasteiger partial charge on any atom is 0.417 e. The van der Waals surface area contributed by atoms with Crippen LogP contribution in [-0.4, -0.2) is 57.6 Å². The van der Waals surface area contributed by atoms with Gasteiger partial charge in [0.25, 0.3) is 0 Å². The van der Waals surface area contributed by atoms with E-state index in [4.69, 9.17) is 16.3 Å². The van der Waals surface area contributed by atoms with Gasteiger partial charge < -0.3 is 15.0 Å². The molecule has 0 fully saturated rings. The van der Waals surface area contributed by atoms with Gasteiger partial charge in [-0.3, -0.25) is 13.9 Å². The molecule has 0 spiro atoms. The van der Waals surface area contributed by atoms with Gasteiger partial charge in [0.2, 0.25) is 21.8 Å². The Labute approximate surface area is 225 Å². The zero-order chi connectivity index (χ0) is 28.8. The molecule has 2 aromatic carbocycles. The third-order valence-electron chi connectivity index (χ3n) is 5.56. The number of rotatable bonds is 11. The van der Waals surface area contributed by atoms with E-state index in [2.05, 4.69) is 5.32 Å². The van der Waals surface area contributed by atoms with Crippen molar-refractivity contribution < 1.29 is 35.9 Å². The second-order valence-electron chi connectivity index (χ2n) is 9.12. The summed E-state index contributed by atoms with van der Waals surface area (Å²) in [6.07, 6.45) is -4.07. The second kappa shape index (κ2) is 12.7. The molecule has 2 aromatic rings. The Morgan fingerprint density at radius 3 is 2.32 bits per heavy atom. The van der Waals surface area contributed by atoms with Crippen LogP contribution >= 0.6 is 11.6 Å². The molecule has 13 heteroatoms. The van der Waals surface area contributed by atoms with E-state index in [-0.39, 0.29) is 12.5 Å². The molecule has 0 aromatic heterocycles. The van der Waals surface area contributed by atoms with Crippen LogP contribution in [0.2, 0.25) is 5.02 Å². The van der Waals surface area contributed by atoms with Crippen LogP contribution in [0.15, 0.2) is 42.5 Å². The number of anilines is 1. The van der Waals surface area contributed by atoms with Gasteiger partial charge in [-0.1, -0.05) is 37.6 Å². The molecule has 0 aliphatic rings. The minimum Gasteiger partial charge on any atom is -0.497 e. The number of nitrogens with one attached hydrogen (secondary N) is 1. The van der Waals surface area contributed by atoms with Crippen LogP contribution in [0.1, 0.15) is 31.9 Å². The first-order chi connectivity index (χ1) is 17.5. The number of amides is 2. The van der Waals surface area contributed by atoms with Crippen molar-refractivity contribution in [2.75, 3.05) is 30.8 Å². The molecule has 1 atom stereocenters. The third kappa shape index (κ3) is 8.52. The second-order valence-corrected chi connectivity index (χ2v) is 11.4. The summed E-state index contributed by atoms with van der Waals surface area (Å²) >= 11 is 5.68. The Morgan fingerprint density at radius 1 is 1.11 bits per heavy atom. The fourth-order valence-corrected chi connectivity index (χ4v) is 4.57. The zero-order valence-electron chi connectivity index (χ0n) is 21.7. The van der Waals surface area contributed by atoms with Crippen LogP contribution in [0.5, 0.6) is 5.75 Å². The van der Waals surface area contributed by atoms with Gasteiger partial charge in [-0.2, -0.15) is 13.2 Å². The van der Waals surface area contributed by atoms with Crippen LogP contribution in [0.3, 0.4) is 0 Å². The molecule has 0 saturated heterocycles. The smallest absolute Gasteiger partial charge is 0.417 e. The van der Waals surface area contributed by atoms with Gasteiger partial charge in [0.15, 0.2) is 0 Å². The Bertz CT molecular complexity index is 1260. The molecule has 0 saturated carbocycles. The molecule has 0 unspecified atom stereocenters. The van der Waals surface area contributed by atoms with Crippen molar-refractivity contribution in [2.24, 2.45) is 5.92 Å². The maximum absolute atomic E-state index is 13.5. The van der Waals surface area contributed by atoms with Crippen molar-refractivity contribution in [3.63, 3.8) is 0 Å². The molecule has 38 heavy (non-hydrogen) atoms. The Balaban J connectivity index is 2.47. The van der Waals surface area contributed by atoms with Gasteiger partial charge in [0, 0.05) is 13.1 Å². The van der Waals surface area contributed by atoms with E-state index >= 15 is 0 Å². The fourth-order valence-electron chi connectivity index (χ4n) is 3.50. The van der Waals surface area contributed by atoms with Crippen LogP contribution in [-0.2, 0) is 32.3 Å². The lowest BCUT2D eigenvalue weighted by molar-refractivity contribution is -0.139. The van der Waals surface area contributed by atoms with Gasteiger partial charge in [0.1, 0.15) is 18.3 Å². The average molecular weight is 578 g/mol. The molecule has 8 nitrogen and oxygen atoms in total. The molecule has 2 rings (SSSR count). The number of hydrogen-bond donors (Lipinski definition) is 1. The van der Waals surface area contributed by atoms with Crippen molar-refractivity contribution in [1.82, 2.24) is 10.2 Å². The molecule has 0 aliphatic carbocycles. The predicted molar refractivity (Wildman–Crippen MR) is 139 cm³/mol. The first-order valence-corrected chi connectivity index (χ1v) is 13.8. The van der Waals surface area contributed by atoms with Gasteiger partial charge in [-0.05, 0) is 48.7 Å². The summed E-state index contributed by atoms with van der Waals surface area (Å²) in [5, 5.41) is 2.13. The van der Waals surface area contributed by atoms with Crippen molar-refractivity contribution >= 4 is 39.1 Å². The summed E-state index contributed by atoms with van der Waals surface area (Å²) in [7, 11) is -2.75. The lowest BCUT2D eigenvalue weighted by Crippen LogP contribution is -2.51. The molecule has 1 N–H and O–H groups in total. The summed E-state index contributed by atoms with van der Waals surface area (Å²) in [4.78, 5) is 27.5. The van der Waals surface area contributed by atoms with Crippen LogP contribution in [0.25, 0.3) is 0 Å². The number of halogens is 4. The molecule has 2 amide bonds. The van der Waals surface area contributed by atoms with Crippen molar-refractivity contribution in [2.45, 2.75) is 39.5 Å². The summed E-state index contributed by atoms with van der Waals surface area (Å²) in [6, 6.07) is 8.28. The Hall–Kier alpha value is -2.99. The number of carbonyl (C=O) groups excluding carboxylic acids is 2. The zero-order valence-corrected chi connectivity index (χ0v) is 23.2. The summed E-state index contributed by atoms with van der Waals surface area (Å²) < 4.78 is 71.2. The molecular formula is C25H31ClF3N3O5S. The van der Waals surface area contributed by atoms with Crippen LogP contribution < -0.4 is 14.4 Å². The fraction of sp³-hybridized carbons (Fsp3) is 0.440. The summed E-state index contributed by atoms with van der Waals surface area (Å²) in [5.74, 6) is -0.617. The number of hydrogen-bond acceptors (Lipinski definition) is 5. The third-order valence-corrected chi connectivity index (χ3v) is 7.03. The van der Waals surface area contributed by atoms with E-state index in [0.29, 0.717) is 28.2 Å².